The molecule has 0 fully saturated rings. The van der Waals surface area contributed by atoms with E-state index in [4.69, 9.17) is 5.73 Å². The molecule has 0 spiro atoms. The first-order valence-corrected chi connectivity index (χ1v) is 5.29. The summed E-state index contributed by atoms with van der Waals surface area (Å²) in [5, 5.41) is 2.79. The number of amides is 1. The molecule has 0 aromatic heterocycles. The van der Waals surface area contributed by atoms with Crippen LogP contribution in [0.4, 0.5) is 0 Å². The Balaban J connectivity index is 2.61. The number of nitrogens with two attached hydrogens (primary N) is 1. The van der Waals surface area contributed by atoms with Crippen molar-refractivity contribution in [2.75, 3.05) is 13.1 Å². The summed E-state index contributed by atoms with van der Waals surface area (Å²) in [5.74, 6) is 0.189. The maximum atomic E-state index is 11.4. The van der Waals surface area contributed by atoms with Crippen LogP contribution in [0, 0.1) is 0 Å². The van der Waals surface area contributed by atoms with Crippen LogP contribution in [0.15, 0.2) is 30.3 Å². The van der Waals surface area contributed by atoms with Crippen LogP contribution in [-0.2, 0) is 4.79 Å². The van der Waals surface area contributed by atoms with Gasteiger partial charge in [-0.1, -0.05) is 30.3 Å². The Kier molecular flexibility index (Phi) is 4.84. The normalized spacial score (nSPS) is 12.1. The number of rotatable bonds is 5. The molecule has 15 heavy (non-hydrogen) atoms. The van der Waals surface area contributed by atoms with E-state index in [-0.39, 0.29) is 11.8 Å². The van der Waals surface area contributed by atoms with Gasteiger partial charge in [-0.25, -0.2) is 0 Å². The summed E-state index contributed by atoms with van der Waals surface area (Å²) in [6.45, 7) is 3.09. The second kappa shape index (κ2) is 6.19. The number of carbonyl (C=O) groups is 1. The average Bonchev–Trinajstić information content (AvgIpc) is 2.27. The molecule has 3 heteroatoms. The van der Waals surface area contributed by atoms with Crippen molar-refractivity contribution < 1.29 is 4.79 Å². The summed E-state index contributed by atoms with van der Waals surface area (Å²) in [5.41, 5.74) is 6.80. The summed E-state index contributed by atoms with van der Waals surface area (Å²) in [7, 11) is 0. The van der Waals surface area contributed by atoms with Crippen LogP contribution in [0.5, 0.6) is 0 Å². The predicted octanol–water partition coefficient (Wildman–Crippen LogP) is 1.26. The largest absolute Gasteiger partial charge is 0.356 e. The summed E-state index contributed by atoms with van der Waals surface area (Å²) < 4.78 is 0. The zero-order chi connectivity index (χ0) is 11.1. The Morgan fingerprint density at radius 3 is 2.60 bits per heavy atom. The van der Waals surface area contributed by atoms with E-state index in [1.54, 1.807) is 0 Å². The molecule has 1 unspecified atom stereocenters. The van der Waals surface area contributed by atoms with Crippen molar-refractivity contribution in [1.82, 2.24) is 5.32 Å². The third-order valence-electron chi connectivity index (χ3n) is 2.36. The molecule has 0 aliphatic carbocycles. The fourth-order valence-corrected chi connectivity index (χ4v) is 1.56. The van der Waals surface area contributed by atoms with Gasteiger partial charge < -0.3 is 11.1 Å². The second-order valence-electron chi connectivity index (χ2n) is 3.50. The maximum Gasteiger partial charge on any atom is 0.220 e. The quantitative estimate of drug-likeness (QED) is 0.762. The molecule has 0 aliphatic rings. The summed E-state index contributed by atoms with van der Waals surface area (Å²) in [4.78, 5) is 11.4. The van der Waals surface area contributed by atoms with Gasteiger partial charge in [0.25, 0.3) is 0 Å². The first kappa shape index (κ1) is 11.7. The molecule has 0 heterocycles. The Hall–Kier alpha value is -1.35. The van der Waals surface area contributed by atoms with Gasteiger partial charge in [0.2, 0.25) is 5.91 Å². The molecule has 3 N–H and O–H groups in total. The number of hydrogen-bond donors (Lipinski definition) is 2. The number of hydrogen-bond acceptors (Lipinski definition) is 2. The SMILES string of the molecule is CCNC(=O)CC(CN)c1ccccc1. The molecule has 0 saturated carbocycles. The predicted molar refractivity (Wildman–Crippen MR) is 61.5 cm³/mol. The monoisotopic (exact) mass is 206 g/mol. The van der Waals surface area contributed by atoms with Gasteiger partial charge >= 0.3 is 0 Å². The van der Waals surface area contributed by atoms with E-state index in [2.05, 4.69) is 5.32 Å². The van der Waals surface area contributed by atoms with Crippen molar-refractivity contribution in [3.05, 3.63) is 35.9 Å². The van der Waals surface area contributed by atoms with Crippen molar-refractivity contribution >= 4 is 5.91 Å². The number of nitrogens with one attached hydrogen (secondary N) is 1. The van der Waals surface area contributed by atoms with Gasteiger partial charge in [-0.2, -0.15) is 0 Å². The van der Waals surface area contributed by atoms with Gasteiger partial charge in [0.15, 0.2) is 0 Å². The molecule has 1 atom stereocenters. The number of benzene rings is 1. The minimum absolute atomic E-state index is 0.0665. The second-order valence-corrected chi connectivity index (χ2v) is 3.50. The third-order valence-corrected chi connectivity index (χ3v) is 2.36. The zero-order valence-electron chi connectivity index (χ0n) is 9.07. The molecule has 1 aromatic rings. The minimum atomic E-state index is 0.0665. The van der Waals surface area contributed by atoms with E-state index in [0.717, 1.165) is 5.56 Å². The lowest BCUT2D eigenvalue weighted by Crippen LogP contribution is -2.26. The molecule has 0 aliphatic heterocycles. The smallest absolute Gasteiger partial charge is 0.220 e. The van der Waals surface area contributed by atoms with Crippen LogP contribution < -0.4 is 11.1 Å². The lowest BCUT2D eigenvalue weighted by molar-refractivity contribution is -0.121. The van der Waals surface area contributed by atoms with E-state index in [1.165, 1.54) is 0 Å². The van der Waals surface area contributed by atoms with E-state index in [1.807, 2.05) is 37.3 Å². The fraction of sp³-hybridized carbons (Fsp3) is 0.417. The Morgan fingerprint density at radius 2 is 2.07 bits per heavy atom. The Labute approximate surface area is 90.7 Å². The average molecular weight is 206 g/mol. The summed E-state index contributed by atoms with van der Waals surface area (Å²) in [6, 6.07) is 9.92. The van der Waals surface area contributed by atoms with Gasteiger partial charge in [-0.05, 0) is 19.0 Å². The van der Waals surface area contributed by atoms with E-state index in [0.29, 0.717) is 19.5 Å². The molecule has 3 nitrogen and oxygen atoms in total. The van der Waals surface area contributed by atoms with Gasteiger partial charge in [-0.3, -0.25) is 4.79 Å². The van der Waals surface area contributed by atoms with Crippen LogP contribution in [0.3, 0.4) is 0 Å². The van der Waals surface area contributed by atoms with Gasteiger partial charge in [0.05, 0.1) is 0 Å². The van der Waals surface area contributed by atoms with E-state index < -0.39 is 0 Å². The van der Waals surface area contributed by atoms with Gasteiger partial charge in [0, 0.05) is 18.9 Å². The van der Waals surface area contributed by atoms with Crippen molar-refractivity contribution in [2.45, 2.75) is 19.3 Å². The van der Waals surface area contributed by atoms with E-state index in [9.17, 15) is 4.79 Å². The molecule has 1 rings (SSSR count). The molecule has 1 aromatic carbocycles. The molecule has 1 amide bonds. The molecule has 0 bridgehead atoms. The van der Waals surface area contributed by atoms with Crippen molar-refractivity contribution in [1.29, 1.82) is 0 Å². The highest BCUT2D eigenvalue weighted by Crippen LogP contribution is 2.17. The Bertz CT molecular complexity index is 298. The highest BCUT2D eigenvalue weighted by molar-refractivity contribution is 5.76. The van der Waals surface area contributed by atoms with Crippen LogP contribution in [0.1, 0.15) is 24.8 Å². The van der Waals surface area contributed by atoms with Crippen LogP contribution in [0.2, 0.25) is 0 Å². The molecule has 0 radical (unpaired) electrons. The van der Waals surface area contributed by atoms with Crippen molar-refractivity contribution in [3.63, 3.8) is 0 Å². The lowest BCUT2D eigenvalue weighted by Gasteiger charge is -2.14. The molecule has 0 saturated heterocycles. The van der Waals surface area contributed by atoms with Crippen LogP contribution in [0.25, 0.3) is 0 Å². The van der Waals surface area contributed by atoms with E-state index >= 15 is 0 Å². The first-order chi connectivity index (χ1) is 7.27. The van der Waals surface area contributed by atoms with Crippen LogP contribution in [-0.4, -0.2) is 19.0 Å². The van der Waals surface area contributed by atoms with Crippen molar-refractivity contribution in [2.24, 2.45) is 5.73 Å². The molecule has 82 valence electrons. The fourth-order valence-electron chi connectivity index (χ4n) is 1.56. The summed E-state index contributed by atoms with van der Waals surface area (Å²) in [6.07, 6.45) is 0.467. The lowest BCUT2D eigenvalue weighted by atomic mass is 9.95. The first-order valence-electron chi connectivity index (χ1n) is 5.29. The maximum absolute atomic E-state index is 11.4. The highest BCUT2D eigenvalue weighted by Gasteiger charge is 2.13. The van der Waals surface area contributed by atoms with Gasteiger partial charge in [0.1, 0.15) is 0 Å². The van der Waals surface area contributed by atoms with Crippen LogP contribution >= 0.6 is 0 Å². The molecular formula is C12H18N2O. The third kappa shape index (κ3) is 3.72. The highest BCUT2D eigenvalue weighted by atomic mass is 16.1. The standard InChI is InChI=1S/C12H18N2O/c1-2-14-12(15)8-11(9-13)10-6-4-3-5-7-10/h3-7,11H,2,8-9,13H2,1H3,(H,14,15). The van der Waals surface area contributed by atoms with Crippen molar-refractivity contribution in [3.8, 4) is 0 Å². The topological polar surface area (TPSA) is 55.1 Å². The number of carbonyl (C=O) groups excluding carboxylic acids is 1. The zero-order valence-corrected chi connectivity index (χ0v) is 9.07. The molecular weight excluding hydrogens is 188 g/mol. The Morgan fingerprint density at radius 1 is 1.40 bits per heavy atom. The summed E-state index contributed by atoms with van der Waals surface area (Å²) >= 11 is 0. The minimum Gasteiger partial charge on any atom is -0.356 e. The van der Waals surface area contributed by atoms with Gasteiger partial charge in [-0.15, -0.1) is 0 Å².